The largest absolute Gasteiger partial charge is 0.508 e. The summed E-state index contributed by atoms with van der Waals surface area (Å²) in [4.78, 5) is 11.1. The molecular weight excluding hydrogens is 194 g/mol. The molecule has 1 rings (SSSR count). The van der Waals surface area contributed by atoms with Crippen LogP contribution in [0.25, 0.3) is 0 Å². The van der Waals surface area contributed by atoms with Gasteiger partial charge in [0.05, 0.1) is 5.56 Å². The van der Waals surface area contributed by atoms with E-state index in [0.717, 1.165) is 0 Å². The fraction of sp³-hybridized carbons (Fsp3) is 0.364. The first-order valence-corrected chi connectivity index (χ1v) is 4.61. The van der Waals surface area contributed by atoms with Gasteiger partial charge in [-0.15, -0.1) is 0 Å². The van der Waals surface area contributed by atoms with E-state index in [-0.39, 0.29) is 11.3 Å². The molecule has 0 radical (unpaired) electrons. The summed E-state index contributed by atoms with van der Waals surface area (Å²) in [6, 6.07) is 4.28. The number of phenols is 1. The van der Waals surface area contributed by atoms with Crippen molar-refractivity contribution in [1.29, 1.82) is 0 Å². The van der Waals surface area contributed by atoms with Gasteiger partial charge < -0.3 is 15.6 Å². The Bertz CT molecular complexity index is 380. The monoisotopic (exact) mass is 209 g/mol. The van der Waals surface area contributed by atoms with Crippen LogP contribution in [0.1, 0.15) is 31.1 Å². The fourth-order valence-corrected chi connectivity index (χ4v) is 1.13. The Morgan fingerprint density at radius 2 is 2.00 bits per heavy atom. The summed E-state index contributed by atoms with van der Waals surface area (Å²) >= 11 is 0. The standard InChI is InChI=1S/C11H15NO3/c1-11(2,3)15-9-5-4-7(13)6-8(9)10(12)14/h4-6,13H,1-3H3,(H2,12,14). The number of aromatic hydroxyl groups is 1. The van der Waals surface area contributed by atoms with E-state index < -0.39 is 11.5 Å². The third-order valence-corrected chi connectivity index (χ3v) is 1.64. The predicted molar refractivity (Wildman–Crippen MR) is 57.0 cm³/mol. The van der Waals surface area contributed by atoms with Gasteiger partial charge in [-0.1, -0.05) is 0 Å². The minimum absolute atomic E-state index is 0.00920. The molecule has 0 aliphatic heterocycles. The van der Waals surface area contributed by atoms with Gasteiger partial charge in [-0.25, -0.2) is 0 Å². The zero-order valence-electron chi connectivity index (χ0n) is 9.07. The Morgan fingerprint density at radius 3 is 2.47 bits per heavy atom. The van der Waals surface area contributed by atoms with Gasteiger partial charge in [-0.3, -0.25) is 4.79 Å². The lowest BCUT2D eigenvalue weighted by Crippen LogP contribution is -2.25. The maximum Gasteiger partial charge on any atom is 0.252 e. The van der Waals surface area contributed by atoms with Gasteiger partial charge in [0, 0.05) is 0 Å². The molecule has 0 fully saturated rings. The zero-order chi connectivity index (χ0) is 11.6. The van der Waals surface area contributed by atoms with Crippen molar-refractivity contribution in [3.8, 4) is 11.5 Å². The molecule has 82 valence electrons. The van der Waals surface area contributed by atoms with Gasteiger partial charge in [-0.2, -0.15) is 0 Å². The van der Waals surface area contributed by atoms with Crippen LogP contribution < -0.4 is 10.5 Å². The molecule has 0 atom stereocenters. The number of benzene rings is 1. The Kier molecular flexibility index (Phi) is 2.88. The van der Waals surface area contributed by atoms with E-state index in [0.29, 0.717) is 5.75 Å². The number of carbonyl (C=O) groups excluding carboxylic acids is 1. The first kappa shape index (κ1) is 11.4. The molecule has 4 nitrogen and oxygen atoms in total. The minimum atomic E-state index is -0.620. The van der Waals surface area contributed by atoms with Gasteiger partial charge in [0.15, 0.2) is 0 Å². The number of nitrogens with two attached hydrogens (primary N) is 1. The van der Waals surface area contributed by atoms with E-state index in [1.54, 1.807) is 0 Å². The third-order valence-electron chi connectivity index (χ3n) is 1.64. The highest BCUT2D eigenvalue weighted by atomic mass is 16.5. The summed E-state index contributed by atoms with van der Waals surface area (Å²) in [5.74, 6) is -0.247. The van der Waals surface area contributed by atoms with Crippen LogP contribution in [0.2, 0.25) is 0 Å². The van der Waals surface area contributed by atoms with Gasteiger partial charge in [-0.05, 0) is 39.0 Å². The molecule has 0 aliphatic carbocycles. The number of rotatable bonds is 2. The lowest BCUT2D eigenvalue weighted by molar-refractivity contribution is 0.0977. The van der Waals surface area contributed by atoms with Crippen LogP contribution >= 0.6 is 0 Å². The molecule has 0 bridgehead atoms. The molecule has 0 aliphatic rings. The zero-order valence-corrected chi connectivity index (χ0v) is 9.07. The summed E-state index contributed by atoms with van der Waals surface area (Å²) in [5.41, 5.74) is 4.94. The number of primary amides is 1. The van der Waals surface area contributed by atoms with Crippen molar-refractivity contribution >= 4 is 5.91 Å². The normalized spacial score (nSPS) is 11.1. The maximum atomic E-state index is 11.1. The molecule has 15 heavy (non-hydrogen) atoms. The van der Waals surface area contributed by atoms with E-state index in [9.17, 15) is 9.90 Å². The minimum Gasteiger partial charge on any atom is -0.508 e. The van der Waals surface area contributed by atoms with Crippen molar-refractivity contribution in [3.63, 3.8) is 0 Å². The van der Waals surface area contributed by atoms with Crippen molar-refractivity contribution in [2.24, 2.45) is 5.73 Å². The van der Waals surface area contributed by atoms with E-state index in [1.165, 1.54) is 18.2 Å². The quantitative estimate of drug-likeness (QED) is 0.778. The first-order chi connectivity index (χ1) is 6.79. The second-order valence-corrected chi connectivity index (χ2v) is 4.26. The summed E-state index contributed by atoms with van der Waals surface area (Å²) in [6.07, 6.45) is 0. The molecule has 0 unspecified atom stereocenters. The lowest BCUT2D eigenvalue weighted by atomic mass is 10.1. The Hall–Kier alpha value is -1.71. The molecule has 0 spiro atoms. The van der Waals surface area contributed by atoms with Crippen LogP contribution in [0.3, 0.4) is 0 Å². The Labute approximate surface area is 88.7 Å². The molecule has 1 aromatic carbocycles. The highest BCUT2D eigenvalue weighted by Crippen LogP contribution is 2.26. The van der Waals surface area contributed by atoms with Crippen molar-refractivity contribution in [3.05, 3.63) is 23.8 Å². The second-order valence-electron chi connectivity index (χ2n) is 4.26. The fourth-order valence-electron chi connectivity index (χ4n) is 1.13. The Balaban J connectivity index is 3.12. The average Bonchev–Trinajstić information content (AvgIpc) is 2.05. The molecule has 3 N–H and O–H groups in total. The summed E-state index contributed by atoms with van der Waals surface area (Å²) in [5, 5.41) is 9.22. The molecule has 0 saturated heterocycles. The topological polar surface area (TPSA) is 72.6 Å². The third kappa shape index (κ3) is 3.16. The van der Waals surface area contributed by atoms with Crippen LogP contribution in [-0.2, 0) is 0 Å². The molecule has 1 aromatic rings. The van der Waals surface area contributed by atoms with Gasteiger partial charge in [0.2, 0.25) is 0 Å². The SMILES string of the molecule is CC(C)(C)Oc1ccc(O)cc1C(N)=O. The predicted octanol–water partition coefficient (Wildman–Crippen LogP) is 1.67. The maximum absolute atomic E-state index is 11.1. The number of carbonyl (C=O) groups is 1. The van der Waals surface area contributed by atoms with Crippen LogP contribution in [0, 0.1) is 0 Å². The summed E-state index contributed by atoms with van der Waals surface area (Å²) < 4.78 is 5.54. The number of hydrogen-bond acceptors (Lipinski definition) is 3. The molecule has 0 aromatic heterocycles. The highest BCUT2D eigenvalue weighted by molar-refractivity contribution is 5.96. The lowest BCUT2D eigenvalue weighted by Gasteiger charge is -2.22. The molecular formula is C11H15NO3. The van der Waals surface area contributed by atoms with Crippen LogP contribution in [0.4, 0.5) is 0 Å². The number of phenolic OH excluding ortho intramolecular Hbond substituents is 1. The smallest absolute Gasteiger partial charge is 0.252 e. The van der Waals surface area contributed by atoms with Crippen molar-refractivity contribution in [2.75, 3.05) is 0 Å². The van der Waals surface area contributed by atoms with Crippen LogP contribution in [0.15, 0.2) is 18.2 Å². The van der Waals surface area contributed by atoms with Crippen molar-refractivity contribution < 1.29 is 14.6 Å². The van der Waals surface area contributed by atoms with E-state index in [1.807, 2.05) is 20.8 Å². The van der Waals surface area contributed by atoms with Crippen molar-refractivity contribution in [2.45, 2.75) is 26.4 Å². The van der Waals surface area contributed by atoms with E-state index in [4.69, 9.17) is 10.5 Å². The number of amides is 1. The Morgan fingerprint density at radius 1 is 1.40 bits per heavy atom. The highest BCUT2D eigenvalue weighted by Gasteiger charge is 2.17. The van der Waals surface area contributed by atoms with Gasteiger partial charge in [0.1, 0.15) is 17.1 Å². The molecule has 0 saturated carbocycles. The summed E-state index contributed by atoms with van der Waals surface area (Å²) in [6.45, 7) is 5.60. The molecule has 1 amide bonds. The van der Waals surface area contributed by atoms with E-state index in [2.05, 4.69) is 0 Å². The van der Waals surface area contributed by atoms with Crippen molar-refractivity contribution in [1.82, 2.24) is 0 Å². The number of hydrogen-bond donors (Lipinski definition) is 2. The summed E-state index contributed by atoms with van der Waals surface area (Å²) in [7, 11) is 0. The second kappa shape index (κ2) is 3.81. The number of ether oxygens (including phenoxy) is 1. The molecule has 4 heteroatoms. The van der Waals surface area contributed by atoms with Crippen LogP contribution in [-0.4, -0.2) is 16.6 Å². The van der Waals surface area contributed by atoms with Gasteiger partial charge >= 0.3 is 0 Å². The van der Waals surface area contributed by atoms with Crippen LogP contribution in [0.5, 0.6) is 11.5 Å². The first-order valence-electron chi connectivity index (χ1n) is 4.61. The van der Waals surface area contributed by atoms with E-state index >= 15 is 0 Å². The van der Waals surface area contributed by atoms with Gasteiger partial charge in [0.25, 0.3) is 5.91 Å². The molecule has 0 heterocycles. The average molecular weight is 209 g/mol.